The molecule has 0 saturated carbocycles. The van der Waals surface area contributed by atoms with Gasteiger partial charge in [-0.1, -0.05) is 59.8 Å². The molecule has 0 unspecified atom stereocenters. The maximum atomic E-state index is 12.0. The van der Waals surface area contributed by atoms with Crippen LogP contribution in [0.5, 0.6) is 0 Å². The summed E-state index contributed by atoms with van der Waals surface area (Å²) in [5.74, 6) is 0.761. The highest BCUT2D eigenvalue weighted by Gasteiger charge is 2.14. The summed E-state index contributed by atoms with van der Waals surface area (Å²) in [4.78, 5) is 53.2. The minimum Gasteiger partial charge on any atom is -0.365 e. The van der Waals surface area contributed by atoms with E-state index in [1.807, 2.05) is 50.2 Å². The number of hydrogen-bond donors (Lipinski definition) is 4. The first kappa shape index (κ1) is 37.5. The van der Waals surface area contributed by atoms with Crippen LogP contribution in [0.3, 0.4) is 0 Å². The molecule has 2 atom stereocenters. The van der Waals surface area contributed by atoms with Crippen LogP contribution in [0.4, 0.5) is 16.0 Å². The molecule has 4 aromatic rings. The first-order valence-corrected chi connectivity index (χ1v) is 14.9. The zero-order valence-electron chi connectivity index (χ0n) is 27.0. The van der Waals surface area contributed by atoms with E-state index in [2.05, 4.69) is 42.6 Å². The predicted octanol–water partition coefficient (Wildman–Crippen LogP) is 6.44. The van der Waals surface area contributed by atoms with Crippen LogP contribution >= 0.6 is 15.9 Å². The molecule has 13 heteroatoms. The Morgan fingerprint density at radius 1 is 0.783 bits per heavy atom. The van der Waals surface area contributed by atoms with Crippen molar-refractivity contribution >= 4 is 27.6 Å². The minimum absolute atomic E-state index is 0. The molecule has 0 aliphatic heterocycles. The van der Waals surface area contributed by atoms with Crippen LogP contribution in [0.1, 0.15) is 91.2 Å². The summed E-state index contributed by atoms with van der Waals surface area (Å²) >= 11 is 3.49. The van der Waals surface area contributed by atoms with Gasteiger partial charge in [0.25, 0.3) is 11.1 Å². The third kappa shape index (κ3) is 10.2. The van der Waals surface area contributed by atoms with Gasteiger partial charge in [-0.25, -0.2) is 9.59 Å². The molecule has 0 spiro atoms. The van der Waals surface area contributed by atoms with Crippen molar-refractivity contribution in [1.29, 1.82) is 5.26 Å². The lowest BCUT2D eigenvalue weighted by Gasteiger charge is -2.17. The molecular formula is C33H43BrFN7O4. The molecule has 0 bridgehead atoms. The number of halogens is 2. The second kappa shape index (κ2) is 18.3. The maximum Gasteiger partial charge on any atom is 0.330 e. The molecule has 0 aliphatic carbocycles. The van der Waals surface area contributed by atoms with Crippen molar-refractivity contribution in [3.05, 3.63) is 124 Å². The van der Waals surface area contributed by atoms with Gasteiger partial charge in [-0.2, -0.15) is 5.26 Å². The van der Waals surface area contributed by atoms with Gasteiger partial charge in [-0.05, 0) is 64.8 Å². The van der Waals surface area contributed by atoms with Gasteiger partial charge in [0, 0.05) is 28.7 Å². The van der Waals surface area contributed by atoms with Gasteiger partial charge in [-0.3, -0.25) is 33.1 Å². The Labute approximate surface area is 277 Å². The van der Waals surface area contributed by atoms with Gasteiger partial charge in [0.2, 0.25) is 0 Å². The quantitative estimate of drug-likeness (QED) is 0.165. The summed E-state index contributed by atoms with van der Waals surface area (Å²) in [6.45, 7) is 11.0. The number of aromatic amines is 2. The fourth-order valence-corrected chi connectivity index (χ4v) is 5.20. The fourth-order valence-electron chi connectivity index (χ4n) is 4.57. The number of aromatic nitrogens is 4. The van der Waals surface area contributed by atoms with E-state index in [1.54, 1.807) is 39.8 Å². The zero-order valence-corrected chi connectivity index (χ0v) is 27.6. The number of hydrogen-bond acceptors (Lipinski definition) is 7. The summed E-state index contributed by atoms with van der Waals surface area (Å²) in [6.07, 6.45) is 0. The van der Waals surface area contributed by atoms with Crippen LogP contribution in [-0.4, -0.2) is 26.3 Å². The van der Waals surface area contributed by atoms with E-state index < -0.39 is 18.5 Å². The summed E-state index contributed by atoms with van der Waals surface area (Å²) < 4.78 is 18.8. The van der Waals surface area contributed by atoms with E-state index in [4.69, 9.17) is 6.63 Å². The molecule has 11 nitrogen and oxygen atoms in total. The number of rotatable bonds is 8. The standard InChI is InChI=1S/C16H18N4O2.C15H18BrN3O2.CH3F.CH4/c1-10(2)20-15(21)8-14(19-16(20)22)18-11(3)13-7-5-4-6-12(13)9-17;1-9(2)19-14(20)8-13(18-15(19)21)17-10(3)11-6-4-5-7-12(11)16;1-2;/h4-8,10-11,18H,1-3H3,(H,19,22);4-10,17H,1-3H3,(H,18,21);1H3;1H4/t11-;10-;;/m00../s1/i;;1D;. The van der Waals surface area contributed by atoms with E-state index >= 15 is 0 Å². The van der Waals surface area contributed by atoms with E-state index in [1.165, 1.54) is 16.7 Å². The van der Waals surface area contributed by atoms with Gasteiger partial charge in [0.15, 0.2) is 0 Å². The smallest absolute Gasteiger partial charge is 0.330 e. The molecule has 46 heavy (non-hydrogen) atoms. The minimum atomic E-state index is -1.00. The van der Waals surface area contributed by atoms with Crippen LogP contribution in [0, 0.1) is 11.3 Å². The van der Waals surface area contributed by atoms with Crippen molar-refractivity contribution in [3.8, 4) is 6.07 Å². The Kier molecular flexibility index (Phi) is 14.9. The molecule has 0 fully saturated rings. The van der Waals surface area contributed by atoms with Crippen molar-refractivity contribution in [2.75, 3.05) is 17.8 Å². The van der Waals surface area contributed by atoms with Crippen molar-refractivity contribution in [3.63, 3.8) is 0 Å². The lowest BCUT2D eigenvalue weighted by atomic mass is 10.0. The molecule has 0 radical (unpaired) electrons. The van der Waals surface area contributed by atoms with Crippen molar-refractivity contribution in [1.82, 2.24) is 19.1 Å². The second-order valence-corrected chi connectivity index (χ2v) is 11.4. The van der Waals surface area contributed by atoms with Gasteiger partial charge in [0.1, 0.15) is 11.6 Å². The van der Waals surface area contributed by atoms with Crippen LogP contribution in [0.2, 0.25) is 0 Å². The van der Waals surface area contributed by atoms with Gasteiger partial charge < -0.3 is 10.6 Å². The summed E-state index contributed by atoms with van der Waals surface area (Å²) in [5.41, 5.74) is 0.883. The third-order valence-corrected chi connectivity index (χ3v) is 7.35. The lowest BCUT2D eigenvalue weighted by molar-refractivity contribution is 0.546. The number of nitriles is 1. The van der Waals surface area contributed by atoms with Gasteiger partial charge in [0.05, 0.1) is 32.2 Å². The number of nitrogens with one attached hydrogen (secondary N) is 4. The third-order valence-electron chi connectivity index (χ3n) is 6.63. The normalized spacial score (nSPS) is 11.8. The Hall–Kier alpha value is -4.70. The number of nitrogens with zero attached hydrogens (tertiary/aromatic N) is 3. The lowest BCUT2D eigenvalue weighted by Crippen LogP contribution is -2.36. The largest absolute Gasteiger partial charge is 0.365 e. The predicted molar refractivity (Wildman–Crippen MR) is 187 cm³/mol. The zero-order chi connectivity index (χ0) is 34.6. The van der Waals surface area contributed by atoms with E-state index in [-0.39, 0.29) is 42.7 Å². The van der Waals surface area contributed by atoms with Gasteiger partial charge >= 0.3 is 11.4 Å². The van der Waals surface area contributed by atoms with Crippen molar-refractivity contribution < 1.29 is 5.76 Å². The highest BCUT2D eigenvalue weighted by molar-refractivity contribution is 9.10. The molecule has 2 aromatic heterocycles. The fraction of sp³-hybridized carbons (Fsp3) is 0.364. The van der Waals surface area contributed by atoms with Crippen LogP contribution in [0.15, 0.2) is 84.3 Å². The number of anilines is 2. The molecule has 0 saturated heterocycles. The topological polar surface area (TPSA) is 158 Å². The Morgan fingerprint density at radius 2 is 1.17 bits per heavy atom. The highest BCUT2D eigenvalue weighted by Crippen LogP contribution is 2.25. The Morgan fingerprint density at radius 3 is 1.57 bits per heavy atom. The molecule has 4 N–H and O–H groups in total. The second-order valence-electron chi connectivity index (χ2n) is 10.5. The Bertz CT molecular complexity index is 1820. The average molecular weight is 702 g/mol. The summed E-state index contributed by atoms with van der Waals surface area (Å²) in [7, 11) is -1.00. The first-order valence-electron chi connectivity index (χ1n) is 14.8. The molecule has 248 valence electrons. The van der Waals surface area contributed by atoms with E-state index in [0.717, 1.165) is 20.2 Å². The average Bonchev–Trinajstić information content (AvgIpc) is 2.97. The molecular weight excluding hydrogens is 657 g/mol. The van der Waals surface area contributed by atoms with Crippen LogP contribution in [0.25, 0.3) is 0 Å². The van der Waals surface area contributed by atoms with Crippen LogP contribution < -0.4 is 33.1 Å². The van der Waals surface area contributed by atoms with E-state index in [9.17, 15) is 23.6 Å². The highest BCUT2D eigenvalue weighted by atomic mass is 79.9. The molecule has 4 rings (SSSR count). The number of alkyl halides is 1. The monoisotopic (exact) mass is 700 g/mol. The number of H-pyrrole nitrogens is 2. The summed E-state index contributed by atoms with van der Waals surface area (Å²) in [6, 6.07) is 19.3. The SMILES string of the molecule is C.CC(C)n1c(=O)cc(N[C@@H](C)c2ccccc2Br)[nH]c1=O.CC(C)n1c(=O)cc(N[C@@H](C)c2ccccc2C#N)[nH]c1=O.[2H]CF. The van der Waals surface area contributed by atoms with Crippen molar-refractivity contribution in [2.24, 2.45) is 0 Å². The Balaban J connectivity index is 0.000000426. The number of benzene rings is 2. The van der Waals surface area contributed by atoms with Crippen LogP contribution in [-0.2, 0) is 0 Å². The molecule has 0 aliphatic rings. The summed E-state index contributed by atoms with van der Waals surface area (Å²) in [5, 5.41) is 15.3. The van der Waals surface area contributed by atoms with Crippen molar-refractivity contribution in [2.45, 2.75) is 73.1 Å². The first-order chi connectivity index (χ1) is 21.7. The maximum absolute atomic E-state index is 12.0. The van der Waals surface area contributed by atoms with Gasteiger partial charge in [-0.15, -0.1) is 0 Å². The molecule has 0 amide bonds. The molecule has 2 aromatic carbocycles. The van der Waals surface area contributed by atoms with E-state index in [0.29, 0.717) is 17.2 Å². The molecule has 2 heterocycles.